The molecule has 0 fully saturated rings. The summed E-state index contributed by atoms with van der Waals surface area (Å²) in [4.78, 5) is 11.0. The molecular formula is C14H22N2O2. The zero-order valence-electron chi connectivity index (χ0n) is 11.2. The molecule has 0 radical (unpaired) electrons. The maximum absolute atomic E-state index is 11.0. The second kappa shape index (κ2) is 8.39. The van der Waals surface area contributed by atoms with Crippen LogP contribution in [-0.2, 0) is 6.42 Å². The number of para-hydroxylation sites is 1. The number of carbonyl (C=O) groups is 1. The standard InChI is InChI=1S/C14H22N2O2/c1-3-11-18-13-9-5-4-7-12(13)8-6-10-16-14(17)15-2/h4-5,7,9H,3,6,8,10-11H2,1-2H3,(H2,15,16,17). The molecule has 0 aliphatic carbocycles. The van der Waals surface area contributed by atoms with E-state index in [1.807, 2.05) is 18.2 Å². The number of hydrogen-bond donors (Lipinski definition) is 2. The quantitative estimate of drug-likeness (QED) is 0.730. The molecule has 2 amide bonds. The van der Waals surface area contributed by atoms with E-state index in [0.717, 1.165) is 31.6 Å². The maximum atomic E-state index is 11.0. The molecule has 0 unspecified atom stereocenters. The van der Waals surface area contributed by atoms with Crippen molar-refractivity contribution in [1.29, 1.82) is 0 Å². The summed E-state index contributed by atoms with van der Waals surface area (Å²) >= 11 is 0. The summed E-state index contributed by atoms with van der Waals surface area (Å²) in [5, 5.41) is 5.30. The average molecular weight is 250 g/mol. The van der Waals surface area contributed by atoms with Crippen molar-refractivity contribution in [2.45, 2.75) is 26.2 Å². The van der Waals surface area contributed by atoms with Crippen LogP contribution in [0.2, 0.25) is 0 Å². The number of ether oxygens (including phenoxy) is 1. The SMILES string of the molecule is CCCOc1ccccc1CCCNC(=O)NC. The summed E-state index contributed by atoms with van der Waals surface area (Å²) in [6.45, 7) is 3.51. The van der Waals surface area contributed by atoms with Gasteiger partial charge in [-0.3, -0.25) is 0 Å². The van der Waals surface area contributed by atoms with E-state index in [-0.39, 0.29) is 6.03 Å². The predicted molar refractivity (Wildman–Crippen MR) is 73.0 cm³/mol. The number of carbonyl (C=O) groups excluding carboxylic acids is 1. The molecule has 18 heavy (non-hydrogen) atoms. The second-order valence-electron chi connectivity index (χ2n) is 4.07. The topological polar surface area (TPSA) is 50.4 Å². The van der Waals surface area contributed by atoms with Gasteiger partial charge in [0.05, 0.1) is 6.61 Å². The van der Waals surface area contributed by atoms with Gasteiger partial charge in [0.1, 0.15) is 5.75 Å². The van der Waals surface area contributed by atoms with E-state index in [1.165, 1.54) is 5.56 Å². The molecule has 1 rings (SSSR count). The molecule has 0 bridgehead atoms. The lowest BCUT2D eigenvalue weighted by Crippen LogP contribution is -2.33. The van der Waals surface area contributed by atoms with E-state index in [1.54, 1.807) is 7.05 Å². The lowest BCUT2D eigenvalue weighted by atomic mass is 10.1. The summed E-state index contributed by atoms with van der Waals surface area (Å²) in [5.74, 6) is 0.958. The molecule has 0 saturated heterocycles. The van der Waals surface area contributed by atoms with Crippen molar-refractivity contribution in [3.05, 3.63) is 29.8 Å². The first-order chi connectivity index (χ1) is 8.77. The highest BCUT2D eigenvalue weighted by atomic mass is 16.5. The Bertz CT molecular complexity index is 367. The zero-order chi connectivity index (χ0) is 13.2. The van der Waals surface area contributed by atoms with Gasteiger partial charge in [-0.05, 0) is 30.9 Å². The minimum absolute atomic E-state index is 0.134. The molecule has 4 heteroatoms. The molecule has 2 N–H and O–H groups in total. The van der Waals surface area contributed by atoms with E-state index in [2.05, 4.69) is 23.6 Å². The summed E-state index contributed by atoms with van der Waals surface area (Å²) in [6, 6.07) is 7.94. The molecule has 1 aromatic rings. The molecule has 0 spiro atoms. The van der Waals surface area contributed by atoms with Crippen molar-refractivity contribution < 1.29 is 9.53 Å². The Morgan fingerprint density at radius 1 is 1.33 bits per heavy atom. The van der Waals surface area contributed by atoms with Crippen LogP contribution in [0.15, 0.2) is 24.3 Å². The Kier molecular flexibility index (Phi) is 6.69. The smallest absolute Gasteiger partial charge is 0.314 e. The van der Waals surface area contributed by atoms with Crippen molar-refractivity contribution in [2.75, 3.05) is 20.2 Å². The number of amides is 2. The van der Waals surface area contributed by atoms with Gasteiger partial charge in [-0.1, -0.05) is 25.1 Å². The zero-order valence-corrected chi connectivity index (χ0v) is 11.2. The number of nitrogens with one attached hydrogen (secondary N) is 2. The van der Waals surface area contributed by atoms with Crippen LogP contribution in [0.3, 0.4) is 0 Å². The van der Waals surface area contributed by atoms with Gasteiger partial charge in [0, 0.05) is 13.6 Å². The number of urea groups is 1. The fourth-order valence-electron chi connectivity index (χ4n) is 1.63. The van der Waals surface area contributed by atoms with Gasteiger partial charge in [-0.15, -0.1) is 0 Å². The lowest BCUT2D eigenvalue weighted by molar-refractivity contribution is 0.243. The number of rotatable bonds is 7. The van der Waals surface area contributed by atoms with E-state index < -0.39 is 0 Å². The Labute approximate surface area is 109 Å². The van der Waals surface area contributed by atoms with Crippen molar-refractivity contribution in [3.63, 3.8) is 0 Å². The van der Waals surface area contributed by atoms with Gasteiger partial charge >= 0.3 is 6.03 Å². The molecule has 0 saturated carbocycles. The van der Waals surface area contributed by atoms with Crippen molar-refractivity contribution in [1.82, 2.24) is 10.6 Å². The number of aryl methyl sites for hydroxylation is 1. The molecular weight excluding hydrogens is 228 g/mol. The number of hydrogen-bond acceptors (Lipinski definition) is 2. The van der Waals surface area contributed by atoms with Crippen LogP contribution in [0.1, 0.15) is 25.3 Å². The first-order valence-corrected chi connectivity index (χ1v) is 6.44. The highest BCUT2D eigenvalue weighted by Gasteiger charge is 2.02. The molecule has 0 aromatic heterocycles. The normalized spacial score (nSPS) is 9.89. The highest BCUT2D eigenvalue weighted by Crippen LogP contribution is 2.19. The maximum Gasteiger partial charge on any atom is 0.314 e. The average Bonchev–Trinajstić information content (AvgIpc) is 2.42. The highest BCUT2D eigenvalue weighted by molar-refractivity contribution is 5.73. The second-order valence-corrected chi connectivity index (χ2v) is 4.07. The predicted octanol–water partition coefficient (Wildman–Crippen LogP) is 2.34. The summed E-state index contributed by atoms with van der Waals surface area (Å²) in [5.41, 5.74) is 1.20. The van der Waals surface area contributed by atoms with E-state index >= 15 is 0 Å². The number of benzene rings is 1. The summed E-state index contributed by atoms with van der Waals surface area (Å²) in [7, 11) is 1.61. The third-order valence-electron chi connectivity index (χ3n) is 2.57. The molecule has 0 heterocycles. The van der Waals surface area contributed by atoms with Crippen LogP contribution in [0, 0.1) is 0 Å². The molecule has 100 valence electrons. The van der Waals surface area contributed by atoms with Crippen LogP contribution in [0.25, 0.3) is 0 Å². The van der Waals surface area contributed by atoms with Crippen LogP contribution >= 0.6 is 0 Å². The summed E-state index contributed by atoms with van der Waals surface area (Å²) in [6.07, 6.45) is 2.82. The van der Waals surface area contributed by atoms with Crippen LogP contribution in [-0.4, -0.2) is 26.2 Å². The van der Waals surface area contributed by atoms with Crippen molar-refractivity contribution in [3.8, 4) is 5.75 Å². The van der Waals surface area contributed by atoms with Gasteiger partial charge < -0.3 is 15.4 Å². The third-order valence-corrected chi connectivity index (χ3v) is 2.57. The fraction of sp³-hybridized carbons (Fsp3) is 0.500. The van der Waals surface area contributed by atoms with Crippen molar-refractivity contribution >= 4 is 6.03 Å². The molecule has 4 nitrogen and oxygen atoms in total. The molecule has 0 atom stereocenters. The van der Waals surface area contributed by atoms with Gasteiger partial charge in [0.2, 0.25) is 0 Å². The molecule has 1 aromatic carbocycles. The fourth-order valence-corrected chi connectivity index (χ4v) is 1.63. The summed E-state index contributed by atoms with van der Waals surface area (Å²) < 4.78 is 5.69. The van der Waals surface area contributed by atoms with E-state index in [4.69, 9.17) is 4.74 Å². The van der Waals surface area contributed by atoms with E-state index in [9.17, 15) is 4.79 Å². The van der Waals surface area contributed by atoms with Crippen molar-refractivity contribution in [2.24, 2.45) is 0 Å². The van der Waals surface area contributed by atoms with Gasteiger partial charge in [-0.2, -0.15) is 0 Å². The molecule has 0 aliphatic rings. The van der Waals surface area contributed by atoms with Crippen LogP contribution < -0.4 is 15.4 Å². The Morgan fingerprint density at radius 3 is 2.83 bits per heavy atom. The Morgan fingerprint density at radius 2 is 2.11 bits per heavy atom. The van der Waals surface area contributed by atoms with Gasteiger partial charge in [-0.25, -0.2) is 4.79 Å². The largest absolute Gasteiger partial charge is 0.493 e. The minimum atomic E-state index is -0.134. The lowest BCUT2D eigenvalue weighted by Gasteiger charge is -2.10. The monoisotopic (exact) mass is 250 g/mol. The molecule has 0 aliphatic heterocycles. The van der Waals surface area contributed by atoms with Crippen LogP contribution in [0.5, 0.6) is 5.75 Å². The van der Waals surface area contributed by atoms with Gasteiger partial charge in [0.25, 0.3) is 0 Å². The first kappa shape index (κ1) is 14.4. The Hall–Kier alpha value is -1.71. The van der Waals surface area contributed by atoms with E-state index in [0.29, 0.717) is 6.54 Å². The first-order valence-electron chi connectivity index (χ1n) is 6.44. The Balaban J connectivity index is 2.38. The minimum Gasteiger partial charge on any atom is -0.493 e. The third kappa shape index (κ3) is 5.08. The van der Waals surface area contributed by atoms with Gasteiger partial charge in [0.15, 0.2) is 0 Å². The van der Waals surface area contributed by atoms with Crippen LogP contribution in [0.4, 0.5) is 4.79 Å².